The standard InChI is InChI=1S/C30H40N4O5/c1-20-5-8-24(35)18-25(36)29(37)28(22(3)17-23-7-10-27-31-11-12-34(27)19-23)21(2)6-9-26(20)39-30(38)33-15-13-32(4)14-16-33/h6-7,9-12,17,19-21,24,26,28,35H,5,8,13-16,18H2,1-4H3/b9-6+,22-17+/t20-,21-,24+,26-,28-/m0/s1. The molecule has 1 N–H and O–H groups in total. The number of nitrogens with zero attached hydrogens (tertiary/aromatic N) is 4. The number of aromatic nitrogens is 2. The third kappa shape index (κ3) is 7.22. The molecule has 0 unspecified atom stereocenters. The van der Waals surface area contributed by atoms with Gasteiger partial charge in [0.05, 0.1) is 12.0 Å². The maximum absolute atomic E-state index is 13.4. The molecule has 0 saturated carbocycles. The molecule has 1 aliphatic carbocycles. The van der Waals surface area contributed by atoms with Crippen LogP contribution in [0.4, 0.5) is 4.79 Å². The number of ether oxygens (including phenoxy) is 1. The molecule has 2 aromatic heterocycles. The van der Waals surface area contributed by atoms with Crippen LogP contribution in [0.5, 0.6) is 0 Å². The van der Waals surface area contributed by atoms with E-state index in [1.807, 2.05) is 75.0 Å². The van der Waals surface area contributed by atoms with Crippen molar-refractivity contribution in [3.8, 4) is 0 Å². The van der Waals surface area contributed by atoms with Crippen molar-refractivity contribution in [3.63, 3.8) is 0 Å². The zero-order valence-electron chi connectivity index (χ0n) is 23.3. The quantitative estimate of drug-likeness (QED) is 0.472. The number of piperazine rings is 1. The van der Waals surface area contributed by atoms with Crippen LogP contribution in [0.25, 0.3) is 11.7 Å². The lowest BCUT2D eigenvalue weighted by atomic mass is 9.80. The number of rotatable bonds is 3. The molecule has 1 saturated heterocycles. The summed E-state index contributed by atoms with van der Waals surface area (Å²) in [6, 6.07) is 3.82. The summed E-state index contributed by atoms with van der Waals surface area (Å²) in [6.45, 7) is 8.56. The van der Waals surface area contributed by atoms with Crippen molar-refractivity contribution in [2.24, 2.45) is 17.8 Å². The van der Waals surface area contributed by atoms with Gasteiger partial charge in [-0.1, -0.05) is 31.6 Å². The Morgan fingerprint density at radius 3 is 2.59 bits per heavy atom. The zero-order valence-corrected chi connectivity index (χ0v) is 23.3. The molecule has 0 radical (unpaired) electrons. The summed E-state index contributed by atoms with van der Waals surface area (Å²) in [5.41, 5.74) is 2.45. The number of aliphatic hydroxyl groups excluding tert-OH is 1. The van der Waals surface area contributed by atoms with Crippen molar-refractivity contribution in [2.45, 2.75) is 52.2 Å². The number of imidazole rings is 1. The van der Waals surface area contributed by atoms with Gasteiger partial charge in [-0.25, -0.2) is 9.78 Å². The number of ketones is 2. The molecule has 0 spiro atoms. The van der Waals surface area contributed by atoms with E-state index in [4.69, 9.17) is 4.74 Å². The normalized spacial score (nSPS) is 29.1. The van der Waals surface area contributed by atoms with E-state index in [2.05, 4.69) is 9.88 Å². The van der Waals surface area contributed by atoms with Gasteiger partial charge in [0.15, 0.2) is 0 Å². The largest absolute Gasteiger partial charge is 0.442 e. The number of hydrogen-bond donors (Lipinski definition) is 1. The predicted octanol–water partition coefficient (Wildman–Crippen LogP) is 3.62. The van der Waals surface area contributed by atoms with Crippen molar-refractivity contribution in [2.75, 3.05) is 33.2 Å². The average Bonchev–Trinajstić information content (AvgIpc) is 3.37. The van der Waals surface area contributed by atoms with E-state index in [1.165, 1.54) is 0 Å². The van der Waals surface area contributed by atoms with Crippen LogP contribution in [0.15, 0.2) is 48.4 Å². The third-order valence-electron chi connectivity index (χ3n) is 7.92. The number of fused-ring (bicyclic) bond motifs is 1. The Bertz CT molecular complexity index is 1240. The number of pyridine rings is 1. The van der Waals surface area contributed by atoms with Crippen LogP contribution in [-0.2, 0) is 14.3 Å². The van der Waals surface area contributed by atoms with Crippen LogP contribution in [0.3, 0.4) is 0 Å². The number of carbonyl (C=O) groups excluding carboxylic acids is 3. The van der Waals surface area contributed by atoms with Crippen molar-refractivity contribution in [3.05, 3.63) is 54.0 Å². The van der Waals surface area contributed by atoms with Gasteiger partial charge in [-0.2, -0.15) is 0 Å². The van der Waals surface area contributed by atoms with E-state index in [-0.39, 0.29) is 24.3 Å². The zero-order chi connectivity index (χ0) is 28.1. The van der Waals surface area contributed by atoms with Crippen LogP contribution in [0.1, 0.15) is 45.6 Å². The first-order chi connectivity index (χ1) is 18.6. The van der Waals surface area contributed by atoms with Gasteiger partial charge in [0.1, 0.15) is 11.8 Å². The first-order valence-electron chi connectivity index (χ1n) is 13.8. The Labute approximate surface area is 230 Å². The predicted molar refractivity (Wildman–Crippen MR) is 149 cm³/mol. The molecule has 0 aromatic carbocycles. The molecule has 1 aliphatic heterocycles. The molecule has 9 nitrogen and oxygen atoms in total. The van der Waals surface area contributed by atoms with Gasteiger partial charge in [-0.05, 0) is 62.4 Å². The maximum Gasteiger partial charge on any atom is 0.410 e. The summed E-state index contributed by atoms with van der Waals surface area (Å²) in [7, 11) is 2.03. The van der Waals surface area contributed by atoms with E-state index in [0.29, 0.717) is 25.9 Å². The molecule has 1 fully saturated rings. The number of allylic oxidation sites excluding steroid dienone is 2. The van der Waals surface area contributed by atoms with E-state index < -0.39 is 29.7 Å². The first-order valence-corrected chi connectivity index (χ1v) is 13.8. The summed E-state index contributed by atoms with van der Waals surface area (Å²) in [5.74, 6) is -2.17. The molecule has 39 heavy (non-hydrogen) atoms. The molecule has 3 heterocycles. The third-order valence-corrected chi connectivity index (χ3v) is 7.92. The highest BCUT2D eigenvalue weighted by Gasteiger charge is 2.33. The topological polar surface area (TPSA) is 104 Å². The van der Waals surface area contributed by atoms with Crippen molar-refractivity contribution in [1.82, 2.24) is 19.2 Å². The molecule has 0 bridgehead atoms. The fourth-order valence-electron chi connectivity index (χ4n) is 5.37. The highest BCUT2D eigenvalue weighted by molar-refractivity contribution is 6.38. The van der Waals surface area contributed by atoms with Crippen LogP contribution < -0.4 is 0 Å². The number of likely N-dealkylation sites (N-methyl/N-ethyl adjacent to an activating group) is 1. The van der Waals surface area contributed by atoms with Gasteiger partial charge in [0.25, 0.3) is 0 Å². The maximum atomic E-state index is 13.4. The van der Waals surface area contributed by atoms with Gasteiger partial charge in [-0.3, -0.25) is 9.59 Å². The summed E-state index contributed by atoms with van der Waals surface area (Å²) in [5, 5.41) is 10.6. The van der Waals surface area contributed by atoms with Crippen molar-refractivity contribution in [1.29, 1.82) is 0 Å². The number of aliphatic hydroxyl groups is 1. The van der Waals surface area contributed by atoms with E-state index in [1.54, 1.807) is 11.1 Å². The number of amides is 1. The van der Waals surface area contributed by atoms with Gasteiger partial charge < -0.3 is 24.0 Å². The van der Waals surface area contributed by atoms with Gasteiger partial charge >= 0.3 is 6.09 Å². The summed E-state index contributed by atoms with van der Waals surface area (Å²) >= 11 is 0. The molecular formula is C30H40N4O5. The minimum absolute atomic E-state index is 0.0678. The average molecular weight is 537 g/mol. The molecular weight excluding hydrogens is 496 g/mol. The Morgan fingerprint density at radius 1 is 1.10 bits per heavy atom. The Morgan fingerprint density at radius 2 is 1.85 bits per heavy atom. The molecule has 4 rings (SSSR count). The first kappa shape index (κ1) is 28.7. The number of carbonyl (C=O) groups is 3. The number of hydrogen-bond acceptors (Lipinski definition) is 7. The lowest BCUT2D eigenvalue weighted by molar-refractivity contribution is -0.140. The Balaban J connectivity index is 1.60. The minimum Gasteiger partial charge on any atom is -0.442 e. The highest BCUT2D eigenvalue weighted by Crippen LogP contribution is 2.29. The molecule has 210 valence electrons. The van der Waals surface area contributed by atoms with Crippen LogP contribution >= 0.6 is 0 Å². The SMILES string of the molecule is C/C(=C\c1ccc2nccn2c1)[C@H]1C(=O)C(=O)C[C@H](O)CC[C@H](C)[C@@H](OC(=O)N2CCN(C)CC2)/C=C/[C@@H]1C. The van der Waals surface area contributed by atoms with Gasteiger partial charge in [-0.15, -0.1) is 0 Å². The van der Waals surface area contributed by atoms with Crippen LogP contribution in [-0.4, -0.2) is 87.4 Å². The molecule has 2 aromatic rings. The Kier molecular flexibility index (Phi) is 9.35. The van der Waals surface area contributed by atoms with E-state index >= 15 is 0 Å². The second-order valence-electron chi connectivity index (χ2n) is 11.1. The summed E-state index contributed by atoms with van der Waals surface area (Å²) in [4.78, 5) is 47.5. The lowest BCUT2D eigenvalue weighted by Gasteiger charge is -2.33. The molecule has 1 amide bonds. The summed E-state index contributed by atoms with van der Waals surface area (Å²) in [6.07, 6.45) is 10.1. The van der Waals surface area contributed by atoms with Gasteiger partial charge in [0.2, 0.25) is 11.6 Å². The van der Waals surface area contributed by atoms with E-state index in [9.17, 15) is 19.5 Å². The second kappa shape index (κ2) is 12.7. The van der Waals surface area contributed by atoms with Crippen LogP contribution in [0, 0.1) is 17.8 Å². The van der Waals surface area contributed by atoms with Crippen LogP contribution in [0.2, 0.25) is 0 Å². The Hall–Kier alpha value is -3.30. The van der Waals surface area contributed by atoms with Crippen molar-refractivity contribution >= 4 is 29.4 Å². The second-order valence-corrected chi connectivity index (χ2v) is 11.1. The fourth-order valence-corrected chi connectivity index (χ4v) is 5.37. The molecule has 2 aliphatic rings. The molecule has 5 atom stereocenters. The lowest BCUT2D eigenvalue weighted by Crippen LogP contribution is -2.48. The van der Waals surface area contributed by atoms with Gasteiger partial charge in [0, 0.05) is 51.2 Å². The highest BCUT2D eigenvalue weighted by atomic mass is 16.6. The minimum atomic E-state index is -0.926. The fraction of sp³-hybridized carbons (Fsp3) is 0.533. The summed E-state index contributed by atoms with van der Waals surface area (Å²) < 4.78 is 7.86. The van der Waals surface area contributed by atoms with E-state index in [0.717, 1.165) is 29.9 Å². The monoisotopic (exact) mass is 536 g/mol. The number of Topliss-reactive ketones (excluding diaryl/α,β-unsaturated/α-hetero) is 2. The van der Waals surface area contributed by atoms with Crippen molar-refractivity contribution < 1.29 is 24.2 Å². The smallest absolute Gasteiger partial charge is 0.410 e. The molecule has 9 heteroatoms.